The molecular weight excluding hydrogens is 265 g/mol. The lowest BCUT2D eigenvalue weighted by Crippen LogP contribution is -2.31. The van der Waals surface area contributed by atoms with Gasteiger partial charge in [0.25, 0.3) is 0 Å². The molecular formula is C18H22FNO. The third kappa shape index (κ3) is 4.66. The van der Waals surface area contributed by atoms with Gasteiger partial charge in [0.1, 0.15) is 5.82 Å². The van der Waals surface area contributed by atoms with Crippen LogP contribution in [-0.2, 0) is 0 Å². The minimum atomic E-state index is -0.223. The summed E-state index contributed by atoms with van der Waals surface area (Å²) in [6.07, 6.45) is 1.68. The zero-order valence-electron chi connectivity index (χ0n) is 12.3. The fraction of sp³-hybridized carbons (Fsp3) is 0.333. The fourth-order valence-electron chi connectivity index (χ4n) is 2.45. The topological polar surface area (TPSA) is 32.3 Å². The second kappa shape index (κ2) is 7.91. The van der Waals surface area contributed by atoms with Crippen LogP contribution < -0.4 is 5.32 Å². The molecule has 0 aromatic heterocycles. The molecule has 0 bridgehead atoms. The lowest BCUT2D eigenvalue weighted by Gasteiger charge is -2.24. The molecule has 0 aliphatic carbocycles. The quantitative estimate of drug-likeness (QED) is 0.814. The highest BCUT2D eigenvalue weighted by Crippen LogP contribution is 2.23. The van der Waals surface area contributed by atoms with Crippen LogP contribution >= 0.6 is 0 Å². The maximum atomic E-state index is 13.1. The van der Waals surface area contributed by atoms with Crippen LogP contribution in [-0.4, -0.2) is 17.8 Å². The van der Waals surface area contributed by atoms with E-state index in [1.807, 2.05) is 30.3 Å². The van der Waals surface area contributed by atoms with Crippen LogP contribution in [0.1, 0.15) is 36.9 Å². The molecule has 112 valence electrons. The van der Waals surface area contributed by atoms with Gasteiger partial charge in [-0.2, -0.15) is 0 Å². The molecule has 2 unspecified atom stereocenters. The van der Waals surface area contributed by atoms with Gasteiger partial charge in [-0.25, -0.2) is 4.39 Å². The summed E-state index contributed by atoms with van der Waals surface area (Å²) in [6, 6.07) is 17.1. The van der Waals surface area contributed by atoms with E-state index in [4.69, 9.17) is 5.11 Å². The molecule has 2 aromatic rings. The maximum absolute atomic E-state index is 13.1. The van der Waals surface area contributed by atoms with Crippen molar-refractivity contribution < 1.29 is 9.50 Å². The van der Waals surface area contributed by atoms with Crippen LogP contribution in [0.4, 0.5) is 4.39 Å². The molecule has 2 aromatic carbocycles. The normalized spacial score (nSPS) is 13.9. The number of rotatable bonds is 7. The van der Waals surface area contributed by atoms with E-state index >= 15 is 0 Å². The van der Waals surface area contributed by atoms with E-state index in [1.165, 1.54) is 12.1 Å². The molecule has 3 heteroatoms. The second-order valence-electron chi connectivity index (χ2n) is 5.33. The Kier molecular flexibility index (Phi) is 5.90. The molecule has 0 saturated heterocycles. The van der Waals surface area contributed by atoms with Gasteiger partial charge in [-0.3, -0.25) is 0 Å². The summed E-state index contributed by atoms with van der Waals surface area (Å²) < 4.78 is 13.1. The van der Waals surface area contributed by atoms with Crippen LogP contribution in [0.25, 0.3) is 0 Å². The largest absolute Gasteiger partial charge is 0.396 e. The first-order valence-corrected chi connectivity index (χ1v) is 7.38. The van der Waals surface area contributed by atoms with E-state index < -0.39 is 0 Å². The van der Waals surface area contributed by atoms with Crippen LogP contribution in [0.5, 0.6) is 0 Å². The molecule has 0 fully saturated rings. The van der Waals surface area contributed by atoms with Crippen molar-refractivity contribution in [1.29, 1.82) is 0 Å². The highest BCUT2D eigenvalue weighted by Gasteiger charge is 2.16. The van der Waals surface area contributed by atoms with Gasteiger partial charge < -0.3 is 10.4 Å². The molecule has 2 atom stereocenters. The van der Waals surface area contributed by atoms with Gasteiger partial charge in [0.15, 0.2) is 0 Å². The molecule has 2 nitrogen and oxygen atoms in total. The van der Waals surface area contributed by atoms with Gasteiger partial charge >= 0.3 is 0 Å². The number of hydrogen-bond acceptors (Lipinski definition) is 2. The number of hydrogen-bond donors (Lipinski definition) is 2. The van der Waals surface area contributed by atoms with Crippen LogP contribution in [0, 0.1) is 5.82 Å². The van der Waals surface area contributed by atoms with E-state index in [1.54, 1.807) is 0 Å². The van der Waals surface area contributed by atoms with Gasteiger partial charge in [-0.1, -0.05) is 42.5 Å². The monoisotopic (exact) mass is 287 g/mol. The Morgan fingerprint density at radius 1 is 1.00 bits per heavy atom. The lowest BCUT2D eigenvalue weighted by molar-refractivity contribution is 0.275. The molecule has 0 heterocycles. The molecule has 0 radical (unpaired) electrons. The van der Waals surface area contributed by atoms with Crippen molar-refractivity contribution in [3.8, 4) is 0 Å². The zero-order chi connectivity index (χ0) is 15.1. The fourth-order valence-corrected chi connectivity index (χ4v) is 2.45. The highest BCUT2D eigenvalue weighted by molar-refractivity contribution is 5.31. The standard InChI is InChI=1S/C18H22FNO/c1-14(6-5-13-21)20-18(15-7-3-2-4-8-15)16-9-11-17(19)12-10-16/h2-4,7-12,14,18,20-21H,5-6,13H2,1H3. The number of aliphatic hydroxyl groups is 1. The summed E-state index contributed by atoms with van der Waals surface area (Å²) in [7, 11) is 0. The molecule has 0 spiro atoms. The summed E-state index contributed by atoms with van der Waals surface area (Å²) in [5.41, 5.74) is 2.19. The van der Waals surface area contributed by atoms with Crippen molar-refractivity contribution in [2.75, 3.05) is 6.61 Å². The van der Waals surface area contributed by atoms with E-state index in [0.29, 0.717) is 0 Å². The van der Waals surface area contributed by atoms with Crippen LogP contribution in [0.3, 0.4) is 0 Å². The van der Waals surface area contributed by atoms with Crippen molar-refractivity contribution in [1.82, 2.24) is 5.32 Å². The van der Waals surface area contributed by atoms with Gasteiger partial charge in [-0.15, -0.1) is 0 Å². The molecule has 2 N–H and O–H groups in total. The van der Waals surface area contributed by atoms with Gasteiger partial charge in [0.05, 0.1) is 6.04 Å². The van der Waals surface area contributed by atoms with E-state index in [9.17, 15) is 4.39 Å². The maximum Gasteiger partial charge on any atom is 0.123 e. The van der Waals surface area contributed by atoms with Gasteiger partial charge in [-0.05, 0) is 43.0 Å². The Hall–Kier alpha value is -1.71. The Balaban J connectivity index is 2.20. The molecule has 0 saturated carbocycles. The summed E-state index contributed by atoms with van der Waals surface area (Å²) in [5.74, 6) is -0.223. The average Bonchev–Trinajstić information content (AvgIpc) is 2.52. The van der Waals surface area contributed by atoms with E-state index in [-0.39, 0.29) is 24.5 Å². The van der Waals surface area contributed by atoms with Crippen molar-refractivity contribution in [3.63, 3.8) is 0 Å². The minimum Gasteiger partial charge on any atom is -0.396 e. The first kappa shape index (κ1) is 15.7. The van der Waals surface area contributed by atoms with Crippen LogP contribution in [0.15, 0.2) is 54.6 Å². The molecule has 2 rings (SSSR count). The third-order valence-electron chi connectivity index (χ3n) is 3.58. The Labute approximate surface area is 125 Å². The molecule has 0 amide bonds. The second-order valence-corrected chi connectivity index (χ2v) is 5.33. The number of nitrogens with one attached hydrogen (secondary N) is 1. The zero-order valence-corrected chi connectivity index (χ0v) is 12.3. The van der Waals surface area contributed by atoms with Crippen LogP contribution in [0.2, 0.25) is 0 Å². The summed E-state index contributed by atoms with van der Waals surface area (Å²) in [4.78, 5) is 0. The molecule has 0 aliphatic rings. The minimum absolute atomic E-state index is 0.0282. The van der Waals surface area contributed by atoms with Gasteiger partial charge in [0, 0.05) is 12.6 Å². The summed E-state index contributed by atoms with van der Waals surface area (Å²) >= 11 is 0. The number of halogens is 1. The first-order valence-electron chi connectivity index (χ1n) is 7.38. The first-order chi connectivity index (χ1) is 10.2. The molecule has 21 heavy (non-hydrogen) atoms. The van der Waals surface area contributed by atoms with E-state index in [0.717, 1.165) is 24.0 Å². The predicted molar refractivity (Wildman–Crippen MR) is 83.6 cm³/mol. The third-order valence-corrected chi connectivity index (χ3v) is 3.58. The number of aliphatic hydroxyl groups excluding tert-OH is 1. The number of benzene rings is 2. The SMILES string of the molecule is CC(CCCO)NC(c1ccccc1)c1ccc(F)cc1. The van der Waals surface area contributed by atoms with Crippen molar-refractivity contribution in [3.05, 3.63) is 71.5 Å². The lowest BCUT2D eigenvalue weighted by atomic mass is 9.97. The Bertz CT molecular complexity index is 527. The highest BCUT2D eigenvalue weighted by atomic mass is 19.1. The Morgan fingerprint density at radius 2 is 1.62 bits per heavy atom. The van der Waals surface area contributed by atoms with Crippen molar-refractivity contribution in [2.45, 2.75) is 31.8 Å². The molecule has 0 aliphatic heterocycles. The Morgan fingerprint density at radius 3 is 2.24 bits per heavy atom. The summed E-state index contributed by atoms with van der Waals surface area (Å²) in [5, 5.41) is 12.5. The summed E-state index contributed by atoms with van der Waals surface area (Å²) in [6.45, 7) is 2.31. The van der Waals surface area contributed by atoms with Gasteiger partial charge in [0.2, 0.25) is 0 Å². The predicted octanol–water partition coefficient (Wildman–Crippen LogP) is 3.67. The average molecular weight is 287 g/mol. The smallest absolute Gasteiger partial charge is 0.123 e. The van der Waals surface area contributed by atoms with Crippen molar-refractivity contribution >= 4 is 0 Å². The van der Waals surface area contributed by atoms with E-state index in [2.05, 4.69) is 24.4 Å². The van der Waals surface area contributed by atoms with Crippen molar-refractivity contribution in [2.24, 2.45) is 0 Å².